The van der Waals surface area contributed by atoms with Crippen LogP contribution in [0, 0.1) is 11.3 Å². The highest BCUT2D eigenvalue weighted by atomic mass is 16.7. The molecule has 27 heavy (non-hydrogen) atoms. The van der Waals surface area contributed by atoms with Gasteiger partial charge in [0, 0.05) is 12.6 Å². The summed E-state index contributed by atoms with van der Waals surface area (Å²) in [5.41, 5.74) is 2.06. The molecule has 0 fully saturated rings. The first-order chi connectivity index (χ1) is 13.2. The van der Waals surface area contributed by atoms with Crippen molar-refractivity contribution in [2.75, 3.05) is 13.9 Å². The minimum absolute atomic E-state index is 0.147. The number of aromatic nitrogens is 3. The molecule has 2 heterocycles. The third-order valence-corrected chi connectivity index (χ3v) is 4.26. The molecule has 4 rings (SSSR count). The number of allylic oxidation sites excluding steroid dienone is 1. The molecule has 0 bridgehead atoms. The summed E-state index contributed by atoms with van der Waals surface area (Å²) in [4.78, 5) is 0. The van der Waals surface area contributed by atoms with Gasteiger partial charge in [0.15, 0.2) is 23.1 Å². The lowest BCUT2D eigenvalue weighted by Gasteiger charge is -2.07. The van der Waals surface area contributed by atoms with Gasteiger partial charge in [-0.15, -0.1) is 10.2 Å². The highest BCUT2D eigenvalue weighted by Crippen LogP contribution is 2.42. The van der Waals surface area contributed by atoms with Crippen LogP contribution >= 0.6 is 0 Å². The van der Waals surface area contributed by atoms with Crippen molar-refractivity contribution in [2.24, 2.45) is 7.05 Å². The van der Waals surface area contributed by atoms with Gasteiger partial charge in [-0.25, -0.2) is 0 Å². The molecule has 0 radical (unpaired) electrons. The summed E-state index contributed by atoms with van der Waals surface area (Å²) < 4.78 is 18.0. The average molecular weight is 360 g/mol. The lowest BCUT2D eigenvalue weighted by atomic mass is 10.1. The topological polar surface area (TPSA) is 82.2 Å². The Morgan fingerprint density at radius 1 is 1.22 bits per heavy atom. The second-order valence-corrected chi connectivity index (χ2v) is 5.90. The second-order valence-electron chi connectivity index (χ2n) is 5.90. The molecule has 0 unspecified atom stereocenters. The molecule has 7 nitrogen and oxygen atoms in total. The van der Waals surface area contributed by atoms with E-state index < -0.39 is 0 Å². The lowest BCUT2D eigenvalue weighted by Crippen LogP contribution is -1.98. The SMILES string of the molecule is COc1cc(C=C(C#N)c2nnc(-c3ccccc3)n2C)cc2c1OCO2. The van der Waals surface area contributed by atoms with E-state index in [0.717, 1.165) is 11.1 Å². The Morgan fingerprint density at radius 2 is 2.04 bits per heavy atom. The van der Waals surface area contributed by atoms with E-state index in [1.54, 1.807) is 29.9 Å². The van der Waals surface area contributed by atoms with Crippen LogP contribution in [0.15, 0.2) is 42.5 Å². The molecule has 134 valence electrons. The summed E-state index contributed by atoms with van der Waals surface area (Å²) in [6.07, 6.45) is 1.73. The minimum Gasteiger partial charge on any atom is -0.493 e. The number of hydrogen-bond donors (Lipinski definition) is 0. The predicted octanol–water partition coefficient (Wildman–Crippen LogP) is 3.28. The van der Waals surface area contributed by atoms with Crippen molar-refractivity contribution in [3.8, 4) is 34.7 Å². The van der Waals surface area contributed by atoms with Crippen LogP contribution in [0.3, 0.4) is 0 Å². The Kier molecular flexibility index (Phi) is 4.22. The third-order valence-electron chi connectivity index (χ3n) is 4.26. The van der Waals surface area contributed by atoms with Crippen molar-refractivity contribution >= 4 is 11.6 Å². The maximum atomic E-state index is 9.68. The van der Waals surface area contributed by atoms with Gasteiger partial charge in [0.1, 0.15) is 6.07 Å². The zero-order valence-corrected chi connectivity index (χ0v) is 14.8. The van der Waals surface area contributed by atoms with Gasteiger partial charge in [0.2, 0.25) is 12.5 Å². The molecule has 3 aromatic rings. The van der Waals surface area contributed by atoms with E-state index in [-0.39, 0.29) is 6.79 Å². The molecule has 0 atom stereocenters. The van der Waals surface area contributed by atoms with Crippen LogP contribution in [0.2, 0.25) is 0 Å². The van der Waals surface area contributed by atoms with Crippen molar-refractivity contribution in [2.45, 2.75) is 0 Å². The quantitative estimate of drug-likeness (QED) is 0.664. The molecule has 0 saturated heterocycles. The van der Waals surface area contributed by atoms with Crippen molar-refractivity contribution in [3.05, 3.63) is 53.9 Å². The van der Waals surface area contributed by atoms with Gasteiger partial charge in [-0.1, -0.05) is 30.3 Å². The van der Waals surface area contributed by atoms with Gasteiger partial charge < -0.3 is 18.8 Å². The number of hydrogen-bond acceptors (Lipinski definition) is 6. The van der Waals surface area contributed by atoms with Crippen molar-refractivity contribution in [1.29, 1.82) is 5.26 Å². The third kappa shape index (κ3) is 2.98. The fourth-order valence-electron chi connectivity index (χ4n) is 2.95. The van der Waals surface area contributed by atoms with Gasteiger partial charge in [-0.3, -0.25) is 0 Å². The van der Waals surface area contributed by atoms with Gasteiger partial charge >= 0.3 is 0 Å². The molecule has 0 N–H and O–H groups in total. The Labute approximate surface area is 156 Å². The Hall–Kier alpha value is -3.79. The molecule has 1 aliphatic heterocycles. The molecule has 0 aliphatic carbocycles. The Balaban J connectivity index is 1.76. The number of rotatable bonds is 4. The lowest BCUT2D eigenvalue weighted by molar-refractivity contribution is 0.171. The van der Waals surface area contributed by atoms with Crippen LogP contribution < -0.4 is 14.2 Å². The fourth-order valence-corrected chi connectivity index (χ4v) is 2.95. The van der Waals surface area contributed by atoms with E-state index in [0.29, 0.717) is 34.5 Å². The van der Waals surface area contributed by atoms with E-state index in [1.165, 1.54) is 0 Å². The van der Waals surface area contributed by atoms with Gasteiger partial charge in [0.05, 0.1) is 12.7 Å². The highest BCUT2D eigenvalue weighted by molar-refractivity contribution is 5.88. The molecular formula is C20H16N4O3. The zero-order chi connectivity index (χ0) is 18.8. The molecule has 2 aromatic carbocycles. The highest BCUT2D eigenvalue weighted by Gasteiger charge is 2.20. The molecule has 0 saturated carbocycles. The van der Waals surface area contributed by atoms with Crippen LogP contribution in [0.4, 0.5) is 0 Å². The largest absolute Gasteiger partial charge is 0.493 e. The van der Waals surface area contributed by atoms with Gasteiger partial charge in [0.25, 0.3) is 0 Å². The maximum absolute atomic E-state index is 9.68. The zero-order valence-electron chi connectivity index (χ0n) is 14.8. The first kappa shape index (κ1) is 16.7. The molecule has 0 spiro atoms. The van der Waals surface area contributed by atoms with Crippen LogP contribution in [-0.4, -0.2) is 28.7 Å². The van der Waals surface area contributed by atoms with Crippen molar-refractivity contribution in [1.82, 2.24) is 14.8 Å². The molecule has 0 amide bonds. The Morgan fingerprint density at radius 3 is 2.78 bits per heavy atom. The van der Waals surface area contributed by atoms with Crippen LogP contribution in [0.1, 0.15) is 11.4 Å². The first-order valence-electron chi connectivity index (χ1n) is 8.26. The number of benzene rings is 2. The van der Waals surface area contributed by atoms with E-state index in [1.807, 2.05) is 37.4 Å². The first-order valence-corrected chi connectivity index (χ1v) is 8.26. The summed E-state index contributed by atoms with van der Waals surface area (Å²) in [7, 11) is 3.40. The van der Waals surface area contributed by atoms with E-state index in [9.17, 15) is 5.26 Å². The van der Waals surface area contributed by atoms with Gasteiger partial charge in [-0.2, -0.15) is 5.26 Å². The number of fused-ring (bicyclic) bond motifs is 1. The monoisotopic (exact) mass is 360 g/mol. The number of nitriles is 1. The summed E-state index contributed by atoms with van der Waals surface area (Å²) >= 11 is 0. The van der Waals surface area contributed by atoms with Crippen LogP contribution in [-0.2, 0) is 7.05 Å². The van der Waals surface area contributed by atoms with E-state index in [4.69, 9.17) is 14.2 Å². The van der Waals surface area contributed by atoms with E-state index in [2.05, 4.69) is 16.3 Å². The summed E-state index contributed by atoms with van der Waals surface area (Å²) in [5.74, 6) is 2.87. The normalized spacial score (nSPS) is 12.7. The fraction of sp³-hybridized carbons (Fsp3) is 0.150. The summed E-state index contributed by atoms with van der Waals surface area (Å²) in [6.45, 7) is 0.147. The number of ether oxygens (including phenoxy) is 3. The predicted molar refractivity (Wildman–Crippen MR) is 99.0 cm³/mol. The van der Waals surface area contributed by atoms with Crippen molar-refractivity contribution < 1.29 is 14.2 Å². The number of methoxy groups -OCH3 is 1. The standard InChI is InChI=1S/C20H16N4O3/c1-24-19(14-6-4-3-5-7-14)22-23-20(24)15(11-21)8-13-9-16(25-2)18-17(10-13)26-12-27-18/h3-10H,12H2,1-2H3. The van der Waals surface area contributed by atoms with Crippen LogP contribution in [0.25, 0.3) is 23.0 Å². The second kappa shape index (κ2) is 6.84. The molecular weight excluding hydrogens is 344 g/mol. The smallest absolute Gasteiger partial charge is 0.231 e. The average Bonchev–Trinajstić information content (AvgIpc) is 3.32. The maximum Gasteiger partial charge on any atom is 0.231 e. The van der Waals surface area contributed by atoms with E-state index >= 15 is 0 Å². The summed E-state index contributed by atoms with van der Waals surface area (Å²) in [6, 6.07) is 15.5. The summed E-state index contributed by atoms with van der Waals surface area (Å²) in [5, 5.41) is 18.1. The minimum atomic E-state index is 0.147. The van der Waals surface area contributed by atoms with Gasteiger partial charge in [-0.05, 0) is 23.8 Å². The molecule has 1 aliphatic rings. The molecule has 1 aromatic heterocycles. The number of nitrogens with zero attached hydrogens (tertiary/aromatic N) is 4. The Bertz CT molecular complexity index is 1060. The molecule has 7 heteroatoms. The van der Waals surface area contributed by atoms with Crippen LogP contribution in [0.5, 0.6) is 17.2 Å². The van der Waals surface area contributed by atoms with Crippen molar-refractivity contribution in [3.63, 3.8) is 0 Å².